The number of pyridine rings is 1. The number of hydrogen-bond donors (Lipinski definition) is 2. The molecule has 0 atom stereocenters. The largest absolute Gasteiger partial charge is 0.328 e. The minimum atomic E-state index is -0.427. The molecule has 2 aromatic heterocycles. The highest BCUT2D eigenvalue weighted by molar-refractivity contribution is 5.70. The molecule has 0 fully saturated rings. The second kappa shape index (κ2) is 3.20. The highest BCUT2D eigenvalue weighted by atomic mass is 16.1. The summed E-state index contributed by atoms with van der Waals surface area (Å²) in [6, 6.07) is 3.62. The first kappa shape index (κ1) is 9.92. The van der Waals surface area contributed by atoms with Crippen LogP contribution in [0.3, 0.4) is 0 Å². The molecule has 2 aromatic rings. The third kappa shape index (κ3) is 1.45. The normalized spacial score (nSPS) is 12.2. The standard InChI is InChI=1S/C10H14N4O/c1-10(2,6-11)14-8-7(13-9(14)15)4-3-5-12-8/h3-5H,6,11H2,1-2H3,(H,13,15). The van der Waals surface area contributed by atoms with E-state index < -0.39 is 5.54 Å². The number of H-pyrrole nitrogens is 1. The van der Waals surface area contributed by atoms with Gasteiger partial charge < -0.3 is 10.7 Å². The molecule has 5 heteroatoms. The van der Waals surface area contributed by atoms with Crippen molar-refractivity contribution in [2.24, 2.45) is 5.73 Å². The van der Waals surface area contributed by atoms with Crippen LogP contribution in [0.15, 0.2) is 23.1 Å². The number of imidazole rings is 1. The highest BCUT2D eigenvalue weighted by Crippen LogP contribution is 2.16. The highest BCUT2D eigenvalue weighted by Gasteiger charge is 2.23. The molecule has 3 N–H and O–H groups in total. The number of aromatic amines is 1. The Morgan fingerprint density at radius 3 is 3.00 bits per heavy atom. The van der Waals surface area contributed by atoms with Gasteiger partial charge in [0, 0.05) is 12.7 Å². The molecule has 0 radical (unpaired) electrons. The maximum atomic E-state index is 11.8. The molecule has 0 saturated carbocycles. The molecule has 2 heterocycles. The van der Waals surface area contributed by atoms with Crippen molar-refractivity contribution in [3.05, 3.63) is 28.8 Å². The molecule has 0 spiro atoms. The average Bonchev–Trinajstić information content (AvgIpc) is 2.54. The monoisotopic (exact) mass is 206 g/mol. The maximum Gasteiger partial charge on any atom is 0.328 e. The number of hydrogen-bond acceptors (Lipinski definition) is 3. The maximum absolute atomic E-state index is 11.8. The predicted molar refractivity (Wildman–Crippen MR) is 58.7 cm³/mol. The molecule has 0 amide bonds. The van der Waals surface area contributed by atoms with Gasteiger partial charge in [-0.3, -0.25) is 4.57 Å². The number of rotatable bonds is 2. The van der Waals surface area contributed by atoms with Crippen LogP contribution in [-0.4, -0.2) is 21.1 Å². The van der Waals surface area contributed by atoms with Gasteiger partial charge in [-0.05, 0) is 26.0 Å². The molecule has 0 aliphatic rings. The van der Waals surface area contributed by atoms with Crippen LogP contribution in [0.4, 0.5) is 0 Å². The van der Waals surface area contributed by atoms with Crippen LogP contribution >= 0.6 is 0 Å². The van der Waals surface area contributed by atoms with Crippen LogP contribution in [0.1, 0.15) is 13.8 Å². The van der Waals surface area contributed by atoms with E-state index in [2.05, 4.69) is 9.97 Å². The van der Waals surface area contributed by atoms with Crippen molar-refractivity contribution < 1.29 is 0 Å². The summed E-state index contributed by atoms with van der Waals surface area (Å²) in [6.07, 6.45) is 1.67. The molecule has 0 bridgehead atoms. The number of nitrogens with two attached hydrogens (primary N) is 1. The van der Waals surface area contributed by atoms with Crippen molar-refractivity contribution >= 4 is 11.2 Å². The first-order valence-corrected chi connectivity index (χ1v) is 4.82. The van der Waals surface area contributed by atoms with Crippen molar-refractivity contribution in [2.45, 2.75) is 19.4 Å². The second-order valence-corrected chi connectivity index (χ2v) is 4.16. The van der Waals surface area contributed by atoms with Gasteiger partial charge in [0.05, 0.1) is 11.1 Å². The van der Waals surface area contributed by atoms with Crippen LogP contribution in [0.2, 0.25) is 0 Å². The van der Waals surface area contributed by atoms with Gasteiger partial charge >= 0.3 is 5.69 Å². The van der Waals surface area contributed by atoms with Crippen LogP contribution in [-0.2, 0) is 5.54 Å². The van der Waals surface area contributed by atoms with E-state index in [0.29, 0.717) is 12.2 Å². The first-order valence-electron chi connectivity index (χ1n) is 4.82. The SMILES string of the molecule is CC(C)(CN)n1c(=O)[nH]c2cccnc21. The number of nitrogens with one attached hydrogen (secondary N) is 1. The lowest BCUT2D eigenvalue weighted by Gasteiger charge is -2.23. The van der Waals surface area contributed by atoms with Gasteiger partial charge in [-0.1, -0.05) is 0 Å². The topological polar surface area (TPSA) is 76.7 Å². The van der Waals surface area contributed by atoms with E-state index in [1.807, 2.05) is 19.9 Å². The zero-order valence-electron chi connectivity index (χ0n) is 8.82. The van der Waals surface area contributed by atoms with Gasteiger partial charge in [0.15, 0.2) is 5.65 Å². The molecule has 0 aliphatic carbocycles. The van der Waals surface area contributed by atoms with E-state index >= 15 is 0 Å². The van der Waals surface area contributed by atoms with Crippen LogP contribution in [0, 0.1) is 0 Å². The Morgan fingerprint density at radius 1 is 1.60 bits per heavy atom. The number of aromatic nitrogens is 3. The van der Waals surface area contributed by atoms with Crippen molar-refractivity contribution in [3.8, 4) is 0 Å². The van der Waals surface area contributed by atoms with Gasteiger partial charge in [0.1, 0.15) is 0 Å². The smallest absolute Gasteiger partial charge is 0.328 e. The molecule has 0 saturated heterocycles. The fourth-order valence-electron chi connectivity index (χ4n) is 1.59. The molecule has 15 heavy (non-hydrogen) atoms. The summed E-state index contributed by atoms with van der Waals surface area (Å²) in [6.45, 7) is 4.21. The van der Waals surface area contributed by atoms with Crippen molar-refractivity contribution in [1.82, 2.24) is 14.5 Å². The van der Waals surface area contributed by atoms with Crippen LogP contribution in [0.5, 0.6) is 0 Å². The van der Waals surface area contributed by atoms with E-state index in [9.17, 15) is 4.79 Å². The lowest BCUT2D eigenvalue weighted by Crippen LogP contribution is -2.41. The first-order chi connectivity index (χ1) is 7.06. The minimum Gasteiger partial charge on any atom is -0.328 e. The van der Waals surface area contributed by atoms with E-state index in [4.69, 9.17) is 5.73 Å². The summed E-state index contributed by atoms with van der Waals surface area (Å²) < 4.78 is 1.60. The third-order valence-corrected chi connectivity index (χ3v) is 2.55. The van der Waals surface area contributed by atoms with Crippen LogP contribution in [0.25, 0.3) is 11.2 Å². The summed E-state index contributed by atoms with van der Waals surface area (Å²) in [5.74, 6) is 0. The summed E-state index contributed by atoms with van der Waals surface area (Å²) in [7, 11) is 0. The van der Waals surface area contributed by atoms with Crippen molar-refractivity contribution in [2.75, 3.05) is 6.54 Å². The fourth-order valence-corrected chi connectivity index (χ4v) is 1.59. The third-order valence-electron chi connectivity index (χ3n) is 2.55. The number of nitrogens with zero attached hydrogens (tertiary/aromatic N) is 2. The van der Waals surface area contributed by atoms with Gasteiger partial charge in [0.2, 0.25) is 0 Å². The van der Waals surface area contributed by atoms with E-state index in [-0.39, 0.29) is 5.69 Å². The Labute approximate surface area is 86.9 Å². The predicted octanol–water partition coefficient (Wildman–Crippen LogP) is 0.418. The molecular formula is C10H14N4O. The molecular weight excluding hydrogens is 192 g/mol. The van der Waals surface area contributed by atoms with Gasteiger partial charge in [-0.25, -0.2) is 9.78 Å². The summed E-state index contributed by atoms with van der Waals surface area (Å²) in [4.78, 5) is 18.7. The lowest BCUT2D eigenvalue weighted by molar-refractivity contribution is 0.365. The Hall–Kier alpha value is -1.62. The van der Waals surface area contributed by atoms with Crippen molar-refractivity contribution in [3.63, 3.8) is 0 Å². The van der Waals surface area contributed by atoms with E-state index in [1.165, 1.54) is 0 Å². The molecule has 0 aromatic carbocycles. The second-order valence-electron chi connectivity index (χ2n) is 4.16. The Balaban J connectivity index is 2.80. The zero-order valence-corrected chi connectivity index (χ0v) is 8.82. The molecule has 0 aliphatic heterocycles. The van der Waals surface area contributed by atoms with Crippen LogP contribution < -0.4 is 11.4 Å². The Bertz CT molecular complexity index is 538. The molecule has 80 valence electrons. The summed E-state index contributed by atoms with van der Waals surface area (Å²) in [5, 5.41) is 0. The van der Waals surface area contributed by atoms with E-state index in [0.717, 1.165) is 5.52 Å². The Morgan fingerprint density at radius 2 is 2.33 bits per heavy atom. The summed E-state index contributed by atoms with van der Waals surface area (Å²) in [5.41, 5.74) is 6.45. The molecule has 5 nitrogen and oxygen atoms in total. The van der Waals surface area contributed by atoms with Gasteiger partial charge in [-0.15, -0.1) is 0 Å². The fraction of sp³-hybridized carbons (Fsp3) is 0.400. The molecule has 2 rings (SSSR count). The number of fused-ring (bicyclic) bond motifs is 1. The average molecular weight is 206 g/mol. The van der Waals surface area contributed by atoms with E-state index in [1.54, 1.807) is 16.8 Å². The van der Waals surface area contributed by atoms with Crippen molar-refractivity contribution in [1.29, 1.82) is 0 Å². The lowest BCUT2D eigenvalue weighted by atomic mass is 10.1. The minimum absolute atomic E-state index is 0.167. The Kier molecular flexibility index (Phi) is 2.12. The van der Waals surface area contributed by atoms with Gasteiger partial charge in [-0.2, -0.15) is 0 Å². The molecule has 0 unspecified atom stereocenters. The summed E-state index contributed by atoms with van der Waals surface area (Å²) >= 11 is 0. The quantitative estimate of drug-likeness (QED) is 0.747. The van der Waals surface area contributed by atoms with Gasteiger partial charge in [0.25, 0.3) is 0 Å². The zero-order chi connectivity index (χ0) is 11.1.